The third-order valence-corrected chi connectivity index (χ3v) is 2.81. The van der Waals surface area contributed by atoms with Crippen LogP contribution in [0.5, 0.6) is 0 Å². The minimum Gasteiger partial charge on any atom is -0.358 e. The third kappa shape index (κ3) is 3.19. The summed E-state index contributed by atoms with van der Waals surface area (Å²) in [6.07, 6.45) is 0. The summed E-state index contributed by atoms with van der Waals surface area (Å²) >= 11 is 0. The van der Waals surface area contributed by atoms with Crippen LogP contribution < -0.4 is 0 Å². The normalized spacial score (nSPS) is 16.4. The minimum atomic E-state index is 0. The summed E-state index contributed by atoms with van der Waals surface area (Å²) < 4.78 is 0. The summed E-state index contributed by atoms with van der Waals surface area (Å²) in [6.45, 7) is 11.0. The van der Waals surface area contributed by atoms with Crippen LogP contribution >= 0.6 is 0 Å². The molecule has 0 nitrogen and oxygen atoms in total. The van der Waals surface area contributed by atoms with E-state index in [0.717, 1.165) is 0 Å². The first-order chi connectivity index (χ1) is 4.55. The Hall–Kier alpha value is 0.350. The van der Waals surface area contributed by atoms with Crippen LogP contribution in [0.15, 0.2) is 22.3 Å². The SMILES string of the molecule is C[C]1C(C)=C(C)C(C)=C1C.[CH3-].[CH3-].[Sc]. The van der Waals surface area contributed by atoms with Gasteiger partial charge in [-0.3, -0.25) is 0 Å². The predicted molar refractivity (Wildman–Crippen MR) is 58.5 cm³/mol. The van der Waals surface area contributed by atoms with E-state index in [1.165, 1.54) is 28.2 Å². The van der Waals surface area contributed by atoms with Crippen molar-refractivity contribution in [1.82, 2.24) is 0 Å². The van der Waals surface area contributed by atoms with E-state index >= 15 is 0 Å². The summed E-state index contributed by atoms with van der Waals surface area (Å²) in [7, 11) is 0. The van der Waals surface area contributed by atoms with Gasteiger partial charge in [-0.15, -0.1) is 0 Å². The van der Waals surface area contributed by atoms with E-state index in [-0.39, 0.29) is 40.7 Å². The molecule has 0 heterocycles. The maximum Gasteiger partial charge on any atom is 0.0226 e. The Morgan fingerprint density at radius 1 is 0.538 bits per heavy atom. The van der Waals surface area contributed by atoms with Crippen LogP contribution in [0.3, 0.4) is 0 Å². The van der Waals surface area contributed by atoms with Gasteiger partial charge < -0.3 is 14.9 Å². The topological polar surface area (TPSA) is 0 Å². The molecular formula is C12H21Sc-2. The molecule has 0 unspecified atom stereocenters. The van der Waals surface area contributed by atoms with Crippen LogP contribution in [0.1, 0.15) is 34.6 Å². The van der Waals surface area contributed by atoms with E-state index < -0.39 is 0 Å². The Morgan fingerprint density at radius 3 is 0.846 bits per heavy atom. The molecule has 74 valence electrons. The maximum absolute atomic E-state index is 2.20. The summed E-state index contributed by atoms with van der Waals surface area (Å²) in [4.78, 5) is 0. The van der Waals surface area contributed by atoms with Gasteiger partial charge in [0.2, 0.25) is 0 Å². The standard InChI is InChI=1S/C10H15.2CH3.Sc/c1-6-7(2)9(4)10(5)8(6)3;;;/h1-5H3;2*1H3;/q;2*-1;. The molecule has 1 aliphatic rings. The van der Waals surface area contributed by atoms with Crippen molar-refractivity contribution >= 4 is 0 Å². The summed E-state index contributed by atoms with van der Waals surface area (Å²) in [5.41, 5.74) is 5.87. The zero-order valence-corrected chi connectivity index (χ0v) is 11.9. The number of hydrogen-bond donors (Lipinski definition) is 0. The molecule has 0 aliphatic heterocycles. The molecular weight excluding hydrogens is 189 g/mol. The summed E-state index contributed by atoms with van der Waals surface area (Å²) in [5, 5.41) is 0. The molecule has 13 heavy (non-hydrogen) atoms. The van der Waals surface area contributed by atoms with Crippen LogP contribution in [-0.2, 0) is 25.8 Å². The summed E-state index contributed by atoms with van der Waals surface area (Å²) in [6, 6.07) is 0. The molecule has 1 aliphatic carbocycles. The smallest absolute Gasteiger partial charge is 0.0226 e. The molecule has 1 rings (SSSR count). The Morgan fingerprint density at radius 2 is 0.769 bits per heavy atom. The second-order valence-electron chi connectivity index (χ2n) is 3.12. The monoisotopic (exact) mass is 210 g/mol. The molecule has 0 bridgehead atoms. The van der Waals surface area contributed by atoms with Gasteiger partial charge in [0, 0.05) is 31.8 Å². The van der Waals surface area contributed by atoms with Crippen LogP contribution in [0.4, 0.5) is 0 Å². The molecule has 0 atom stereocenters. The fraction of sp³-hybridized carbons (Fsp3) is 0.417. The molecule has 1 heteroatoms. The molecule has 0 fully saturated rings. The zero-order chi connectivity index (χ0) is 7.89. The van der Waals surface area contributed by atoms with Gasteiger partial charge in [-0.25, -0.2) is 0 Å². The van der Waals surface area contributed by atoms with E-state index in [1.807, 2.05) is 0 Å². The van der Waals surface area contributed by atoms with E-state index in [1.54, 1.807) is 0 Å². The van der Waals surface area contributed by atoms with E-state index in [4.69, 9.17) is 0 Å². The molecule has 2 radical (unpaired) electrons. The van der Waals surface area contributed by atoms with Gasteiger partial charge in [0.05, 0.1) is 0 Å². The molecule has 0 saturated heterocycles. The first kappa shape index (κ1) is 19.0. The maximum atomic E-state index is 2.20. The molecule has 0 amide bonds. The largest absolute Gasteiger partial charge is 0.358 e. The second kappa shape index (κ2) is 6.75. The van der Waals surface area contributed by atoms with Crippen molar-refractivity contribution < 1.29 is 25.8 Å². The van der Waals surface area contributed by atoms with Crippen molar-refractivity contribution in [3.05, 3.63) is 43.1 Å². The van der Waals surface area contributed by atoms with Gasteiger partial charge in [-0.1, -0.05) is 18.1 Å². The van der Waals surface area contributed by atoms with Crippen molar-refractivity contribution in [3.63, 3.8) is 0 Å². The van der Waals surface area contributed by atoms with Gasteiger partial charge in [-0.2, -0.15) is 0 Å². The zero-order valence-electron chi connectivity index (χ0n) is 10.1. The van der Waals surface area contributed by atoms with E-state index in [0.29, 0.717) is 0 Å². The predicted octanol–water partition coefficient (Wildman–Crippen LogP) is 4.17. The third-order valence-electron chi connectivity index (χ3n) is 2.81. The van der Waals surface area contributed by atoms with Crippen LogP contribution in [0.2, 0.25) is 0 Å². The number of allylic oxidation sites excluding steroid dienone is 4. The van der Waals surface area contributed by atoms with Crippen LogP contribution in [0, 0.1) is 20.8 Å². The van der Waals surface area contributed by atoms with Gasteiger partial charge in [0.25, 0.3) is 0 Å². The fourth-order valence-electron chi connectivity index (χ4n) is 1.41. The number of hydrogen-bond acceptors (Lipinski definition) is 0. The summed E-state index contributed by atoms with van der Waals surface area (Å²) in [5.74, 6) is 1.47. The van der Waals surface area contributed by atoms with Gasteiger partial charge in [-0.05, 0) is 38.8 Å². The van der Waals surface area contributed by atoms with Crippen LogP contribution in [0.25, 0.3) is 0 Å². The fourth-order valence-corrected chi connectivity index (χ4v) is 1.41. The Bertz CT molecular complexity index is 197. The van der Waals surface area contributed by atoms with E-state index in [9.17, 15) is 0 Å². The Kier molecular flexibility index (Phi) is 9.87. The van der Waals surface area contributed by atoms with Gasteiger partial charge in [0.1, 0.15) is 0 Å². The molecule has 0 saturated carbocycles. The van der Waals surface area contributed by atoms with Gasteiger partial charge >= 0.3 is 0 Å². The second-order valence-corrected chi connectivity index (χ2v) is 3.12. The quantitative estimate of drug-likeness (QED) is 0.526. The average Bonchev–Trinajstić information content (AvgIpc) is 2.07. The molecule has 0 aromatic rings. The average molecular weight is 210 g/mol. The first-order valence-electron chi connectivity index (χ1n) is 3.75. The van der Waals surface area contributed by atoms with Crippen molar-refractivity contribution in [2.75, 3.05) is 0 Å². The van der Waals surface area contributed by atoms with Crippen molar-refractivity contribution in [2.24, 2.45) is 0 Å². The Balaban J connectivity index is -0.000000333. The van der Waals surface area contributed by atoms with Crippen molar-refractivity contribution in [1.29, 1.82) is 0 Å². The van der Waals surface area contributed by atoms with Crippen molar-refractivity contribution in [3.8, 4) is 0 Å². The first-order valence-corrected chi connectivity index (χ1v) is 3.75. The molecule has 0 aromatic carbocycles. The number of rotatable bonds is 0. The molecule has 0 N–H and O–H groups in total. The van der Waals surface area contributed by atoms with Gasteiger partial charge in [0.15, 0.2) is 0 Å². The minimum absolute atomic E-state index is 0. The molecule has 0 spiro atoms. The van der Waals surface area contributed by atoms with Crippen LogP contribution in [-0.4, -0.2) is 0 Å². The van der Waals surface area contributed by atoms with Crippen molar-refractivity contribution in [2.45, 2.75) is 34.6 Å². The Labute approximate surface area is 103 Å². The molecule has 0 aromatic heterocycles. The van der Waals surface area contributed by atoms with E-state index in [2.05, 4.69) is 34.6 Å².